The number of aliphatic hydroxyl groups is 1. The van der Waals surface area contributed by atoms with E-state index < -0.39 is 0 Å². The first-order valence-electron chi connectivity index (χ1n) is 5.93. The fraction of sp³-hybridized carbons (Fsp3) is 0.538. The highest BCUT2D eigenvalue weighted by Gasteiger charge is 2.31. The van der Waals surface area contributed by atoms with Gasteiger partial charge in [-0.15, -0.1) is 0 Å². The summed E-state index contributed by atoms with van der Waals surface area (Å²) in [4.78, 5) is 0. The van der Waals surface area contributed by atoms with Gasteiger partial charge in [-0.25, -0.2) is 0 Å². The van der Waals surface area contributed by atoms with Crippen molar-refractivity contribution in [1.82, 2.24) is 5.32 Å². The molecular weight excluding hydrogens is 238 g/mol. The molecule has 1 aromatic carbocycles. The highest BCUT2D eigenvalue weighted by Crippen LogP contribution is 2.22. The number of hydrogen-bond donors (Lipinski definition) is 2. The summed E-state index contributed by atoms with van der Waals surface area (Å²) in [5, 5.41) is 13.7. The Morgan fingerprint density at radius 2 is 2.00 bits per heavy atom. The zero-order chi connectivity index (χ0) is 12.1. The molecule has 0 spiro atoms. The van der Waals surface area contributed by atoms with Gasteiger partial charge in [-0.1, -0.05) is 29.8 Å². The summed E-state index contributed by atoms with van der Waals surface area (Å²) in [7, 11) is 0. The molecule has 1 aromatic rings. The Bertz CT molecular complexity index is 364. The van der Waals surface area contributed by atoms with Crippen LogP contribution in [0, 0.1) is 0 Å². The Morgan fingerprint density at radius 1 is 1.29 bits per heavy atom. The summed E-state index contributed by atoms with van der Waals surface area (Å²) in [6.07, 6.45) is 1.68. The average Bonchev–Trinajstić information content (AvgIpc) is 2.39. The topological polar surface area (TPSA) is 41.5 Å². The van der Waals surface area contributed by atoms with E-state index in [4.69, 9.17) is 16.3 Å². The third kappa shape index (κ3) is 3.19. The molecule has 1 saturated heterocycles. The van der Waals surface area contributed by atoms with Crippen LogP contribution in [0.1, 0.15) is 18.4 Å². The first-order chi connectivity index (χ1) is 8.26. The first kappa shape index (κ1) is 12.8. The monoisotopic (exact) mass is 255 g/mol. The Hall–Kier alpha value is -0.610. The smallest absolute Gasteiger partial charge is 0.0615 e. The van der Waals surface area contributed by atoms with Crippen LogP contribution in [0.25, 0.3) is 0 Å². The van der Waals surface area contributed by atoms with E-state index in [1.165, 1.54) is 0 Å². The Labute approximate surface area is 107 Å². The lowest BCUT2D eigenvalue weighted by Gasteiger charge is -2.36. The van der Waals surface area contributed by atoms with Gasteiger partial charge < -0.3 is 15.2 Å². The van der Waals surface area contributed by atoms with Crippen molar-refractivity contribution in [2.24, 2.45) is 0 Å². The van der Waals surface area contributed by atoms with Crippen molar-refractivity contribution in [3.05, 3.63) is 34.9 Å². The number of nitrogens with one attached hydrogen (secondary N) is 1. The van der Waals surface area contributed by atoms with E-state index in [0.717, 1.165) is 23.4 Å². The van der Waals surface area contributed by atoms with E-state index >= 15 is 0 Å². The predicted molar refractivity (Wildman–Crippen MR) is 68.2 cm³/mol. The second kappa shape index (κ2) is 5.83. The average molecular weight is 256 g/mol. The van der Waals surface area contributed by atoms with Crippen LogP contribution in [0.2, 0.25) is 5.02 Å². The molecule has 0 unspecified atom stereocenters. The zero-order valence-electron chi connectivity index (χ0n) is 9.79. The quantitative estimate of drug-likeness (QED) is 0.865. The summed E-state index contributed by atoms with van der Waals surface area (Å²) in [5.41, 5.74) is 0.853. The van der Waals surface area contributed by atoms with Crippen LogP contribution in [0.3, 0.4) is 0 Å². The molecule has 1 aliphatic rings. The van der Waals surface area contributed by atoms with E-state index in [9.17, 15) is 5.11 Å². The van der Waals surface area contributed by atoms with Crippen molar-refractivity contribution in [2.45, 2.75) is 24.9 Å². The molecule has 4 heteroatoms. The largest absolute Gasteiger partial charge is 0.394 e. The van der Waals surface area contributed by atoms with Crippen molar-refractivity contribution in [2.75, 3.05) is 19.8 Å². The molecule has 3 nitrogen and oxygen atoms in total. The van der Waals surface area contributed by atoms with Gasteiger partial charge >= 0.3 is 0 Å². The van der Waals surface area contributed by atoms with E-state index in [-0.39, 0.29) is 12.1 Å². The fourth-order valence-corrected chi connectivity index (χ4v) is 2.28. The van der Waals surface area contributed by atoms with Gasteiger partial charge in [0.05, 0.1) is 6.61 Å². The molecule has 17 heavy (non-hydrogen) atoms. The van der Waals surface area contributed by atoms with Crippen LogP contribution in [-0.2, 0) is 11.3 Å². The van der Waals surface area contributed by atoms with Crippen LogP contribution < -0.4 is 5.32 Å². The molecule has 1 fully saturated rings. The van der Waals surface area contributed by atoms with Crippen molar-refractivity contribution >= 4 is 11.6 Å². The van der Waals surface area contributed by atoms with E-state index in [0.29, 0.717) is 19.8 Å². The summed E-state index contributed by atoms with van der Waals surface area (Å²) >= 11 is 6.10. The molecule has 2 N–H and O–H groups in total. The minimum atomic E-state index is -0.211. The van der Waals surface area contributed by atoms with Gasteiger partial charge in [-0.3, -0.25) is 0 Å². The van der Waals surface area contributed by atoms with Gasteiger partial charge in [-0.05, 0) is 24.5 Å². The summed E-state index contributed by atoms with van der Waals surface area (Å²) in [5.74, 6) is 0. The minimum absolute atomic E-state index is 0.140. The molecule has 0 atom stereocenters. The number of rotatable bonds is 4. The van der Waals surface area contributed by atoms with Gasteiger partial charge in [0.15, 0.2) is 0 Å². The van der Waals surface area contributed by atoms with Crippen molar-refractivity contribution < 1.29 is 9.84 Å². The molecule has 0 saturated carbocycles. The molecule has 94 valence electrons. The van der Waals surface area contributed by atoms with Gasteiger partial charge in [0.1, 0.15) is 0 Å². The Morgan fingerprint density at radius 3 is 2.65 bits per heavy atom. The highest BCUT2D eigenvalue weighted by atomic mass is 35.5. The molecule has 0 aromatic heterocycles. The first-order valence-corrected chi connectivity index (χ1v) is 6.31. The number of aliphatic hydroxyl groups excluding tert-OH is 1. The SMILES string of the molecule is OCC1(NCc2ccccc2Cl)CCOCC1. The summed E-state index contributed by atoms with van der Waals surface area (Å²) in [6, 6.07) is 7.77. The molecule has 0 bridgehead atoms. The van der Waals surface area contributed by atoms with Crippen LogP contribution >= 0.6 is 11.6 Å². The van der Waals surface area contributed by atoms with E-state index in [1.807, 2.05) is 24.3 Å². The van der Waals surface area contributed by atoms with E-state index in [1.54, 1.807) is 0 Å². The van der Waals surface area contributed by atoms with Gasteiger partial charge in [-0.2, -0.15) is 0 Å². The van der Waals surface area contributed by atoms with Gasteiger partial charge in [0.2, 0.25) is 0 Å². The highest BCUT2D eigenvalue weighted by molar-refractivity contribution is 6.31. The summed E-state index contributed by atoms with van der Waals surface area (Å²) < 4.78 is 5.33. The van der Waals surface area contributed by atoms with E-state index in [2.05, 4.69) is 5.32 Å². The molecule has 0 radical (unpaired) electrons. The predicted octanol–water partition coefficient (Wildman–Crippen LogP) is 1.97. The lowest BCUT2D eigenvalue weighted by molar-refractivity contribution is 0.0112. The summed E-state index contributed by atoms with van der Waals surface area (Å²) in [6.45, 7) is 2.23. The lowest BCUT2D eigenvalue weighted by atomic mass is 9.91. The normalized spacial score (nSPS) is 19.2. The number of hydrogen-bond acceptors (Lipinski definition) is 3. The van der Waals surface area contributed by atoms with Gasteiger partial charge in [0, 0.05) is 30.3 Å². The standard InChI is InChI=1S/C13H18ClNO2/c14-12-4-2-1-3-11(12)9-15-13(10-16)5-7-17-8-6-13/h1-4,15-16H,5-10H2. The maximum absolute atomic E-state index is 9.54. The van der Waals surface area contributed by atoms with Crippen molar-refractivity contribution in [3.63, 3.8) is 0 Å². The molecule has 0 aliphatic carbocycles. The molecule has 1 aliphatic heterocycles. The molecule has 1 heterocycles. The molecular formula is C13H18ClNO2. The van der Waals surface area contributed by atoms with Crippen LogP contribution in [0.15, 0.2) is 24.3 Å². The fourth-order valence-electron chi connectivity index (χ4n) is 2.08. The lowest BCUT2D eigenvalue weighted by Crippen LogP contribution is -2.51. The number of benzene rings is 1. The maximum atomic E-state index is 9.54. The number of halogens is 1. The number of ether oxygens (including phenoxy) is 1. The molecule has 2 rings (SSSR count). The Balaban J connectivity index is 1.98. The Kier molecular flexibility index (Phi) is 4.40. The van der Waals surface area contributed by atoms with Crippen LogP contribution in [-0.4, -0.2) is 30.5 Å². The third-order valence-corrected chi connectivity index (χ3v) is 3.73. The maximum Gasteiger partial charge on any atom is 0.0615 e. The zero-order valence-corrected chi connectivity index (χ0v) is 10.5. The van der Waals surface area contributed by atoms with Crippen LogP contribution in [0.4, 0.5) is 0 Å². The third-order valence-electron chi connectivity index (χ3n) is 3.36. The van der Waals surface area contributed by atoms with Crippen molar-refractivity contribution in [3.8, 4) is 0 Å². The minimum Gasteiger partial charge on any atom is -0.394 e. The second-order valence-corrected chi connectivity index (χ2v) is 4.90. The van der Waals surface area contributed by atoms with Gasteiger partial charge in [0.25, 0.3) is 0 Å². The second-order valence-electron chi connectivity index (χ2n) is 4.50. The molecule has 0 amide bonds. The van der Waals surface area contributed by atoms with Crippen molar-refractivity contribution in [1.29, 1.82) is 0 Å². The van der Waals surface area contributed by atoms with Crippen LogP contribution in [0.5, 0.6) is 0 Å².